The second-order valence-electron chi connectivity index (χ2n) is 4.76. The second kappa shape index (κ2) is 11.6. The first-order valence-corrected chi connectivity index (χ1v) is 6.74. The standard InChI is InChI=1S/C15H28/c1-4-6-8-10-12-14-15(3)13-11-9-7-5-2/h2,15H,4,6-14H2,1,3H3. The number of rotatable bonds is 10. The molecule has 0 saturated heterocycles. The third-order valence-electron chi connectivity index (χ3n) is 3.07. The van der Waals surface area contributed by atoms with E-state index >= 15 is 0 Å². The Labute approximate surface area is 96.8 Å². The fraction of sp³-hybridized carbons (Fsp3) is 0.867. The van der Waals surface area contributed by atoms with Crippen molar-refractivity contribution in [2.45, 2.75) is 78.1 Å². The quantitative estimate of drug-likeness (QED) is 0.343. The minimum atomic E-state index is 0.907. The summed E-state index contributed by atoms with van der Waals surface area (Å²) in [5.41, 5.74) is 0. The predicted octanol–water partition coefficient (Wildman–Crippen LogP) is 5.18. The van der Waals surface area contributed by atoms with Crippen molar-refractivity contribution >= 4 is 0 Å². The van der Waals surface area contributed by atoms with Gasteiger partial charge in [-0.2, -0.15) is 0 Å². The van der Waals surface area contributed by atoms with E-state index in [1.807, 2.05) is 0 Å². The van der Waals surface area contributed by atoms with Crippen LogP contribution in [0.15, 0.2) is 0 Å². The molecule has 0 fully saturated rings. The van der Waals surface area contributed by atoms with Crippen molar-refractivity contribution in [3.05, 3.63) is 0 Å². The Hall–Kier alpha value is -0.440. The molecule has 88 valence electrons. The molecule has 0 heterocycles. The van der Waals surface area contributed by atoms with Crippen LogP contribution in [0.25, 0.3) is 0 Å². The first kappa shape index (κ1) is 14.6. The molecule has 0 aliphatic heterocycles. The van der Waals surface area contributed by atoms with Crippen molar-refractivity contribution in [1.82, 2.24) is 0 Å². The van der Waals surface area contributed by atoms with Crippen molar-refractivity contribution in [1.29, 1.82) is 0 Å². The van der Waals surface area contributed by atoms with E-state index in [4.69, 9.17) is 6.42 Å². The maximum Gasteiger partial charge on any atom is 0.00860 e. The van der Waals surface area contributed by atoms with E-state index in [0.717, 1.165) is 12.3 Å². The molecule has 0 bridgehead atoms. The molecule has 0 rings (SSSR count). The van der Waals surface area contributed by atoms with Crippen molar-refractivity contribution in [2.24, 2.45) is 5.92 Å². The van der Waals surface area contributed by atoms with Crippen LogP contribution in [-0.2, 0) is 0 Å². The molecule has 1 atom stereocenters. The fourth-order valence-corrected chi connectivity index (χ4v) is 1.96. The molecule has 0 N–H and O–H groups in total. The molecule has 0 aliphatic carbocycles. The molecule has 0 spiro atoms. The van der Waals surface area contributed by atoms with Gasteiger partial charge in [0.05, 0.1) is 0 Å². The van der Waals surface area contributed by atoms with Crippen LogP contribution in [0.1, 0.15) is 78.1 Å². The molecule has 15 heavy (non-hydrogen) atoms. The zero-order chi connectivity index (χ0) is 11.4. The Balaban J connectivity index is 3.12. The van der Waals surface area contributed by atoms with E-state index in [1.165, 1.54) is 57.8 Å². The summed E-state index contributed by atoms with van der Waals surface area (Å²) >= 11 is 0. The number of hydrogen-bond acceptors (Lipinski definition) is 0. The van der Waals surface area contributed by atoms with E-state index in [9.17, 15) is 0 Å². The monoisotopic (exact) mass is 208 g/mol. The molecule has 0 aromatic carbocycles. The molecule has 0 radical (unpaired) electrons. The number of hydrogen-bond donors (Lipinski definition) is 0. The molecule has 0 amide bonds. The summed E-state index contributed by atoms with van der Waals surface area (Å²) in [7, 11) is 0. The molecule has 0 saturated carbocycles. The van der Waals surface area contributed by atoms with Gasteiger partial charge in [0.1, 0.15) is 0 Å². The Bertz CT molecular complexity index is 152. The molecule has 0 heteroatoms. The van der Waals surface area contributed by atoms with Gasteiger partial charge in [-0.1, -0.05) is 65.2 Å². The first-order valence-electron chi connectivity index (χ1n) is 6.74. The lowest BCUT2D eigenvalue weighted by Crippen LogP contribution is -1.94. The molecule has 0 aliphatic rings. The largest absolute Gasteiger partial charge is 0.120 e. The van der Waals surface area contributed by atoms with Crippen LogP contribution in [0.3, 0.4) is 0 Å². The van der Waals surface area contributed by atoms with Crippen LogP contribution in [0, 0.1) is 18.3 Å². The minimum Gasteiger partial charge on any atom is -0.120 e. The highest BCUT2D eigenvalue weighted by atomic mass is 14.1. The highest BCUT2D eigenvalue weighted by Gasteiger charge is 2.01. The van der Waals surface area contributed by atoms with Gasteiger partial charge in [0.15, 0.2) is 0 Å². The zero-order valence-electron chi connectivity index (χ0n) is 10.7. The van der Waals surface area contributed by atoms with Crippen LogP contribution in [0.5, 0.6) is 0 Å². The minimum absolute atomic E-state index is 0.907. The van der Waals surface area contributed by atoms with E-state index in [2.05, 4.69) is 19.8 Å². The Morgan fingerprint density at radius 2 is 1.53 bits per heavy atom. The summed E-state index contributed by atoms with van der Waals surface area (Å²) in [6.45, 7) is 4.66. The average molecular weight is 208 g/mol. The van der Waals surface area contributed by atoms with E-state index < -0.39 is 0 Å². The molecule has 0 aromatic rings. The van der Waals surface area contributed by atoms with Gasteiger partial charge in [-0.05, 0) is 12.3 Å². The van der Waals surface area contributed by atoms with Gasteiger partial charge >= 0.3 is 0 Å². The van der Waals surface area contributed by atoms with Gasteiger partial charge in [-0.15, -0.1) is 12.3 Å². The van der Waals surface area contributed by atoms with Crippen molar-refractivity contribution in [3.8, 4) is 12.3 Å². The average Bonchev–Trinajstić information content (AvgIpc) is 2.24. The normalized spacial score (nSPS) is 12.3. The van der Waals surface area contributed by atoms with Gasteiger partial charge in [0, 0.05) is 6.42 Å². The van der Waals surface area contributed by atoms with Crippen molar-refractivity contribution in [3.63, 3.8) is 0 Å². The summed E-state index contributed by atoms with van der Waals surface area (Å²) in [4.78, 5) is 0. The molecular formula is C15H28. The molecule has 1 unspecified atom stereocenters. The van der Waals surface area contributed by atoms with Crippen LogP contribution < -0.4 is 0 Å². The summed E-state index contributed by atoms with van der Waals surface area (Å²) in [5.74, 6) is 3.61. The topological polar surface area (TPSA) is 0 Å². The van der Waals surface area contributed by atoms with Gasteiger partial charge < -0.3 is 0 Å². The summed E-state index contributed by atoms with van der Waals surface area (Å²) in [6.07, 6.45) is 18.6. The third kappa shape index (κ3) is 11.5. The van der Waals surface area contributed by atoms with Gasteiger partial charge in [0.2, 0.25) is 0 Å². The third-order valence-corrected chi connectivity index (χ3v) is 3.07. The highest BCUT2D eigenvalue weighted by molar-refractivity contribution is 4.82. The second-order valence-corrected chi connectivity index (χ2v) is 4.76. The van der Waals surface area contributed by atoms with Gasteiger partial charge in [0.25, 0.3) is 0 Å². The highest BCUT2D eigenvalue weighted by Crippen LogP contribution is 2.17. The maximum absolute atomic E-state index is 5.22. The number of terminal acetylenes is 1. The van der Waals surface area contributed by atoms with Crippen LogP contribution in [0.4, 0.5) is 0 Å². The molecule has 0 aromatic heterocycles. The first-order chi connectivity index (χ1) is 7.31. The Kier molecular flexibility index (Phi) is 11.3. The SMILES string of the molecule is C#CCCCCC(C)CCCCCCC. The van der Waals surface area contributed by atoms with Crippen molar-refractivity contribution < 1.29 is 0 Å². The number of unbranched alkanes of at least 4 members (excludes halogenated alkanes) is 6. The zero-order valence-corrected chi connectivity index (χ0v) is 10.7. The maximum atomic E-state index is 5.22. The van der Waals surface area contributed by atoms with Crippen molar-refractivity contribution in [2.75, 3.05) is 0 Å². The summed E-state index contributed by atoms with van der Waals surface area (Å²) in [6, 6.07) is 0. The van der Waals surface area contributed by atoms with Crippen LogP contribution in [-0.4, -0.2) is 0 Å². The smallest absolute Gasteiger partial charge is 0.00860 e. The predicted molar refractivity (Wildman–Crippen MR) is 69.8 cm³/mol. The van der Waals surface area contributed by atoms with E-state index in [0.29, 0.717) is 0 Å². The van der Waals surface area contributed by atoms with Gasteiger partial charge in [-0.25, -0.2) is 0 Å². The fourth-order valence-electron chi connectivity index (χ4n) is 1.96. The Morgan fingerprint density at radius 1 is 0.933 bits per heavy atom. The Morgan fingerprint density at radius 3 is 2.13 bits per heavy atom. The van der Waals surface area contributed by atoms with Gasteiger partial charge in [-0.3, -0.25) is 0 Å². The molecule has 0 nitrogen and oxygen atoms in total. The van der Waals surface area contributed by atoms with E-state index in [1.54, 1.807) is 0 Å². The van der Waals surface area contributed by atoms with Crippen LogP contribution >= 0.6 is 0 Å². The summed E-state index contributed by atoms with van der Waals surface area (Å²) in [5, 5.41) is 0. The lowest BCUT2D eigenvalue weighted by molar-refractivity contribution is 0.440. The summed E-state index contributed by atoms with van der Waals surface area (Å²) < 4.78 is 0. The van der Waals surface area contributed by atoms with Crippen LogP contribution in [0.2, 0.25) is 0 Å². The van der Waals surface area contributed by atoms with E-state index in [-0.39, 0.29) is 0 Å². The lowest BCUT2D eigenvalue weighted by Gasteiger charge is -2.10. The lowest BCUT2D eigenvalue weighted by atomic mass is 9.96. The molecular weight excluding hydrogens is 180 g/mol.